The van der Waals surface area contributed by atoms with Crippen LogP contribution >= 0.6 is 0 Å². The molecule has 0 spiro atoms. The van der Waals surface area contributed by atoms with Gasteiger partial charge in [-0.15, -0.1) is 0 Å². The van der Waals surface area contributed by atoms with E-state index in [4.69, 9.17) is 5.11 Å². The number of rotatable bonds is 7. The van der Waals surface area contributed by atoms with Crippen molar-refractivity contribution in [2.75, 3.05) is 18.5 Å². The van der Waals surface area contributed by atoms with Gasteiger partial charge in [0, 0.05) is 36.0 Å². The van der Waals surface area contributed by atoms with Crippen LogP contribution in [0.4, 0.5) is 11.4 Å². The highest BCUT2D eigenvalue weighted by atomic mass is 16.6. The summed E-state index contributed by atoms with van der Waals surface area (Å²) in [5, 5.41) is 25.6. The van der Waals surface area contributed by atoms with Crippen LogP contribution in [0.25, 0.3) is 0 Å². The van der Waals surface area contributed by atoms with Crippen molar-refractivity contribution in [3.05, 3.63) is 69.3 Å². The van der Waals surface area contributed by atoms with Crippen LogP contribution in [0.15, 0.2) is 42.5 Å². The Balaban J connectivity index is 2.17. The van der Waals surface area contributed by atoms with Crippen LogP contribution in [-0.2, 0) is 6.54 Å². The molecule has 24 heavy (non-hydrogen) atoms. The number of amides is 1. The molecule has 0 aliphatic carbocycles. The number of carbonyl (C=O) groups is 1. The molecule has 2 aromatic rings. The topological polar surface area (TPSA) is 105 Å². The predicted molar refractivity (Wildman–Crippen MR) is 91.0 cm³/mol. The number of benzene rings is 2. The van der Waals surface area contributed by atoms with Gasteiger partial charge in [0.1, 0.15) is 0 Å². The van der Waals surface area contributed by atoms with Gasteiger partial charge in [0.15, 0.2) is 0 Å². The van der Waals surface area contributed by atoms with E-state index in [0.717, 1.165) is 11.3 Å². The van der Waals surface area contributed by atoms with Gasteiger partial charge in [0.05, 0.1) is 11.5 Å². The smallest absolute Gasteiger partial charge is 0.274 e. The number of aliphatic hydroxyl groups is 1. The van der Waals surface area contributed by atoms with Gasteiger partial charge in [-0.2, -0.15) is 0 Å². The van der Waals surface area contributed by atoms with Gasteiger partial charge >= 0.3 is 0 Å². The number of nitro benzene ring substituents is 1. The van der Waals surface area contributed by atoms with Crippen LogP contribution in [0.1, 0.15) is 21.5 Å². The second-order valence-electron chi connectivity index (χ2n) is 5.20. The molecule has 2 aromatic carbocycles. The van der Waals surface area contributed by atoms with Crippen molar-refractivity contribution in [1.82, 2.24) is 5.32 Å². The van der Waals surface area contributed by atoms with Crippen LogP contribution in [0.5, 0.6) is 0 Å². The Morgan fingerprint density at radius 2 is 1.96 bits per heavy atom. The Labute approximate surface area is 139 Å². The van der Waals surface area contributed by atoms with E-state index in [0.29, 0.717) is 11.1 Å². The highest BCUT2D eigenvalue weighted by Gasteiger charge is 2.14. The lowest BCUT2D eigenvalue weighted by Crippen LogP contribution is -2.27. The van der Waals surface area contributed by atoms with Crippen molar-refractivity contribution in [1.29, 1.82) is 0 Å². The quantitative estimate of drug-likeness (QED) is 0.534. The molecule has 0 saturated heterocycles. The molecule has 0 radical (unpaired) electrons. The number of anilines is 1. The third kappa shape index (κ3) is 4.08. The van der Waals surface area contributed by atoms with Crippen molar-refractivity contribution >= 4 is 17.3 Å². The number of hydrogen-bond donors (Lipinski definition) is 3. The number of para-hydroxylation sites is 1. The summed E-state index contributed by atoms with van der Waals surface area (Å²) in [6.07, 6.45) is 0. The number of hydrogen-bond acceptors (Lipinski definition) is 5. The third-order valence-corrected chi connectivity index (χ3v) is 3.63. The van der Waals surface area contributed by atoms with Crippen LogP contribution in [-0.4, -0.2) is 29.1 Å². The first kappa shape index (κ1) is 17.4. The molecule has 0 unspecified atom stereocenters. The molecule has 0 heterocycles. The van der Waals surface area contributed by atoms with Gasteiger partial charge in [-0.25, -0.2) is 0 Å². The largest absolute Gasteiger partial charge is 0.395 e. The summed E-state index contributed by atoms with van der Waals surface area (Å²) in [6, 6.07) is 11.8. The summed E-state index contributed by atoms with van der Waals surface area (Å²) in [7, 11) is 0. The minimum absolute atomic E-state index is 0.0551. The Hall–Kier alpha value is -2.93. The molecular formula is C17H19N3O4. The zero-order valence-electron chi connectivity index (χ0n) is 13.3. The zero-order chi connectivity index (χ0) is 17.5. The number of nitrogens with zero attached hydrogens (tertiary/aromatic N) is 1. The second kappa shape index (κ2) is 8.07. The van der Waals surface area contributed by atoms with Crippen molar-refractivity contribution in [3.63, 3.8) is 0 Å². The molecule has 0 aromatic heterocycles. The van der Waals surface area contributed by atoms with Gasteiger partial charge in [-0.05, 0) is 24.6 Å². The maximum absolute atomic E-state index is 12.1. The van der Waals surface area contributed by atoms with Crippen LogP contribution < -0.4 is 10.6 Å². The molecule has 0 atom stereocenters. The highest BCUT2D eigenvalue weighted by Crippen LogP contribution is 2.22. The van der Waals surface area contributed by atoms with Gasteiger partial charge in [0.2, 0.25) is 0 Å². The van der Waals surface area contributed by atoms with E-state index in [1.165, 1.54) is 6.07 Å². The third-order valence-electron chi connectivity index (χ3n) is 3.63. The summed E-state index contributed by atoms with van der Waals surface area (Å²) in [5.41, 5.74) is 2.59. The highest BCUT2D eigenvalue weighted by molar-refractivity contribution is 5.97. The zero-order valence-corrected chi connectivity index (χ0v) is 13.3. The van der Waals surface area contributed by atoms with E-state index in [2.05, 4.69) is 10.6 Å². The minimum atomic E-state index is -0.414. The maximum atomic E-state index is 12.1. The molecule has 1 amide bonds. The molecule has 2 rings (SSSR count). The fourth-order valence-corrected chi connectivity index (χ4v) is 2.37. The Morgan fingerprint density at radius 1 is 1.21 bits per heavy atom. The summed E-state index contributed by atoms with van der Waals surface area (Å²) < 4.78 is 0. The summed E-state index contributed by atoms with van der Waals surface area (Å²) >= 11 is 0. The van der Waals surface area contributed by atoms with Gasteiger partial charge in [-0.1, -0.05) is 24.3 Å². The molecule has 3 N–H and O–H groups in total. The van der Waals surface area contributed by atoms with Gasteiger partial charge in [0.25, 0.3) is 11.6 Å². The first-order chi connectivity index (χ1) is 11.5. The summed E-state index contributed by atoms with van der Waals surface area (Å²) in [5.74, 6) is -0.268. The normalized spacial score (nSPS) is 10.2. The molecule has 0 fully saturated rings. The molecule has 0 aliphatic heterocycles. The minimum Gasteiger partial charge on any atom is -0.395 e. The Bertz CT molecular complexity index is 746. The predicted octanol–water partition coefficient (Wildman–Crippen LogP) is 2.24. The number of aliphatic hydroxyl groups excluding tert-OH is 1. The van der Waals surface area contributed by atoms with Crippen molar-refractivity contribution < 1.29 is 14.8 Å². The molecule has 0 aliphatic rings. The standard InChI is InChI=1S/C17H19N3O4/c1-12-14(17(22)18-9-10-21)6-4-7-15(12)19-11-13-5-2-3-8-16(13)20(23)24/h2-8,19,21H,9-11H2,1H3,(H,18,22). The lowest BCUT2D eigenvalue weighted by Gasteiger charge is -2.13. The maximum Gasteiger partial charge on any atom is 0.274 e. The van der Waals surface area contributed by atoms with E-state index in [9.17, 15) is 14.9 Å². The lowest BCUT2D eigenvalue weighted by molar-refractivity contribution is -0.385. The van der Waals surface area contributed by atoms with Crippen LogP contribution in [0.2, 0.25) is 0 Å². The molecule has 7 heteroatoms. The summed E-state index contributed by atoms with van der Waals surface area (Å²) in [4.78, 5) is 22.7. The molecular weight excluding hydrogens is 310 g/mol. The average molecular weight is 329 g/mol. The van der Waals surface area contributed by atoms with Crippen LogP contribution in [0, 0.1) is 17.0 Å². The Kier molecular flexibility index (Phi) is 5.86. The van der Waals surface area contributed by atoms with E-state index in [-0.39, 0.29) is 31.3 Å². The first-order valence-electron chi connectivity index (χ1n) is 7.49. The van der Waals surface area contributed by atoms with E-state index < -0.39 is 4.92 Å². The second-order valence-corrected chi connectivity index (χ2v) is 5.20. The fourth-order valence-electron chi connectivity index (χ4n) is 2.37. The first-order valence-corrected chi connectivity index (χ1v) is 7.49. The van der Waals surface area contributed by atoms with Crippen molar-refractivity contribution in [2.45, 2.75) is 13.5 Å². The summed E-state index contributed by atoms with van der Waals surface area (Å²) in [6.45, 7) is 2.14. The van der Waals surface area contributed by atoms with Gasteiger partial charge < -0.3 is 15.7 Å². The van der Waals surface area contributed by atoms with Crippen molar-refractivity contribution in [2.24, 2.45) is 0 Å². The lowest BCUT2D eigenvalue weighted by atomic mass is 10.1. The Morgan fingerprint density at radius 3 is 2.67 bits per heavy atom. The van der Waals surface area contributed by atoms with Gasteiger partial charge in [-0.3, -0.25) is 14.9 Å². The molecule has 0 bridgehead atoms. The SMILES string of the molecule is Cc1c(NCc2ccccc2[N+](=O)[O-])cccc1C(=O)NCCO. The van der Waals surface area contributed by atoms with Crippen molar-refractivity contribution in [3.8, 4) is 0 Å². The number of nitrogens with one attached hydrogen (secondary N) is 2. The fraction of sp³-hybridized carbons (Fsp3) is 0.235. The molecule has 0 saturated carbocycles. The van der Waals surface area contributed by atoms with E-state index >= 15 is 0 Å². The average Bonchev–Trinajstić information content (AvgIpc) is 2.59. The van der Waals surface area contributed by atoms with E-state index in [1.807, 2.05) is 6.07 Å². The number of carbonyl (C=O) groups excluding carboxylic acids is 1. The van der Waals surface area contributed by atoms with E-state index in [1.54, 1.807) is 37.3 Å². The molecule has 7 nitrogen and oxygen atoms in total. The number of nitro groups is 1. The molecule has 126 valence electrons. The monoisotopic (exact) mass is 329 g/mol. The van der Waals surface area contributed by atoms with Crippen LogP contribution in [0.3, 0.4) is 0 Å².